The van der Waals surface area contributed by atoms with Gasteiger partial charge in [-0.1, -0.05) is 0 Å². The number of carbonyl (C=O) groups excluding carboxylic acids is 1. The fourth-order valence-electron chi connectivity index (χ4n) is 4.37. The van der Waals surface area contributed by atoms with Crippen LogP contribution in [-0.2, 0) is 4.74 Å². The molecule has 184 valence electrons. The van der Waals surface area contributed by atoms with Gasteiger partial charge in [0.15, 0.2) is 0 Å². The highest BCUT2D eigenvalue weighted by atomic mass is 19.1. The zero-order valence-electron chi connectivity index (χ0n) is 19.9. The fraction of sp³-hybridized carbons (Fsp3) is 0.417. The van der Waals surface area contributed by atoms with Crippen LogP contribution >= 0.6 is 0 Å². The maximum Gasteiger partial charge on any atom is 0.273 e. The van der Waals surface area contributed by atoms with E-state index in [9.17, 15) is 4.79 Å². The van der Waals surface area contributed by atoms with Crippen molar-refractivity contribution in [2.24, 2.45) is 0 Å². The summed E-state index contributed by atoms with van der Waals surface area (Å²) in [6.07, 6.45) is 4.75. The molecule has 0 saturated carbocycles. The topological polar surface area (TPSA) is 103 Å². The van der Waals surface area contributed by atoms with Crippen LogP contribution in [0.4, 0.5) is 21.7 Å². The molecule has 2 saturated heterocycles. The Morgan fingerprint density at radius 2 is 1.91 bits per heavy atom. The number of piperazine rings is 1. The Kier molecular flexibility index (Phi) is 6.60. The molecule has 0 radical (unpaired) electrons. The van der Waals surface area contributed by atoms with Crippen LogP contribution in [0.15, 0.2) is 36.8 Å². The number of ether oxygens (including phenoxy) is 1. The minimum atomic E-state index is -0.395. The van der Waals surface area contributed by atoms with E-state index in [1.54, 1.807) is 24.5 Å². The van der Waals surface area contributed by atoms with Crippen molar-refractivity contribution in [3.8, 4) is 11.1 Å². The fourth-order valence-corrected chi connectivity index (χ4v) is 4.37. The number of anilines is 3. The molecule has 2 fully saturated rings. The molecule has 1 unspecified atom stereocenters. The molecular weight excluding hydrogens is 451 g/mol. The third-order valence-electron chi connectivity index (χ3n) is 6.62. The summed E-state index contributed by atoms with van der Waals surface area (Å²) in [4.78, 5) is 28.2. The van der Waals surface area contributed by atoms with Gasteiger partial charge >= 0.3 is 0 Å². The summed E-state index contributed by atoms with van der Waals surface area (Å²) in [6, 6.07) is 5.04. The first-order chi connectivity index (χ1) is 17.0. The third-order valence-corrected chi connectivity index (χ3v) is 6.62. The van der Waals surface area contributed by atoms with E-state index in [0.717, 1.165) is 32.7 Å². The lowest BCUT2D eigenvalue weighted by Crippen LogP contribution is -2.50. The first-order valence-corrected chi connectivity index (χ1v) is 11.7. The number of rotatable bonds is 5. The number of amides is 1. The van der Waals surface area contributed by atoms with Crippen LogP contribution in [0, 0.1) is 5.82 Å². The lowest BCUT2D eigenvalue weighted by atomic mass is 10.0. The third kappa shape index (κ3) is 4.96. The zero-order chi connectivity index (χ0) is 24.4. The first kappa shape index (κ1) is 23.2. The van der Waals surface area contributed by atoms with E-state index in [4.69, 9.17) is 4.74 Å². The van der Waals surface area contributed by atoms with E-state index < -0.39 is 5.82 Å². The molecule has 3 aromatic rings. The van der Waals surface area contributed by atoms with Gasteiger partial charge in [-0.15, -0.1) is 0 Å². The van der Waals surface area contributed by atoms with Gasteiger partial charge in [0.25, 0.3) is 5.91 Å². The smallest absolute Gasteiger partial charge is 0.273 e. The Balaban J connectivity index is 1.48. The number of hydrogen-bond donors (Lipinski definition) is 2. The van der Waals surface area contributed by atoms with Gasteiger partial charge in [-0.2, -0.15) is 5.10 Å². The second kappa shape index (κ2) is 9.96. The van der Waals surface area contributed by atoms with E-state index in [1.807, 2.05) is 4.90 Å². The molecule has 11 heteroatoms. The summed E-state index contributed by atoms with van der Waals surface area (Å²) >= 11 is 0. The van der Waals surface area contributed by atoms with Crippen LogP contribution in [0.3, 0.4) is 0 Å². The highest BCUT2D eigenvalue weighted by Gasteiger charge is 2.25. The van der Waals surface area contributed by atoms with Crippen molar-refractivity contribution in [3.05, 3.63) is 48.3 Å². The van der Waals surface area contributed by atoms with Gasteiger partial charge < -0.3 is 24.8 Å². The predicted octanol–water partition coefficient (Wildman–Crippen LogP) is 2.23. The molecule has 4 heterocycles. The van der Waals surface area contributed by atoms with Crippen LogP contribution in [0.5, 0.6) is 0 Å². The number of nitrogens with one attached hydrogen (secondary N) is 2. The molecule has 10 nitrogen and oxygen atoms in total. The Labute approximate surface area is 203 Å². The number of benzene rings is 1. The Hall–Kier alpha value is -3.57. The Morgan fingerprint density at radius 3 is 2.60 bits per heavy atom. The van der Waals surface area contributed by atoms with E-state index in [-0.39, 0.29) is 5.91 Å². The van der Waals surface area contributed by atoms with Crippen molar-refractivity contribution in [3.63, 3.8) is 0 Å². The maximum absolute atomic E-state index is 15.5. The van der Waals surface area contributed by atoms with E-state index in [0.29, 0.717) is 53.4 Å². The van der Waals surface area contributed by atoms with Gasteiger partial charge in [0.05, 0.1) is 24.6 Å². The van der Waals surface area contributed by atoms with Gasteiger partial charge in [-0.3, -0.25) is 9.89 Å². The number of nitrogens with zero attached hydrogens (tertiary/aromatic N) is 6. The molecular formula is C24H29FN8O2. The zero-order valence-corrected chi connectivity index (χ0v) is 19.9. The average Bonchev–Trinajstić information content (AvgIpc) is 3.43. The van der Waals surface area contributed by atoms with Crippen molar-refractivity contribution in [2.75, 3.05) is 68.1 Å². The quantitative estimate of drug-likeness (QED) is 0.573. The van der Waals surface area contributed by atoms with Gasteiger partial charge in [0.2, 0.25) is 5.95 Å². The molecule has 2 N–H and O–H groups in total. The summed E-state index contributed by atoms with van der Waals surface area (Å²) < 4.78 is 20.8. The molecule has 2 aromatic heterocycles. The normalized spacial score (nSPS) is 19.1. The van der Waals surface area contributed by atoms with Crippen molar-refractivity contribution in [2.45, 2.75) is 13.0 Å². The van der Waals surface area contributed by atoms with Gasteiger partial charge in [0.1, 0.15) is 11.5 Å². The molecule has 1 aromatic carbocycles. The van der Waals surface area contributed by atoms with Crippen LogP contribution in [0.2, 0.25) is 0 Å². The number of likely N-dealkylation sites (N-methyl/N-ethyl adjacent to an activating group) is 1. The number of aromatic nitrogens is 4. The number of H-pyrrole nitrogens is 1. The molecule has 2 aliphatic rings. The molecule has 0 bridgehead atoms. The monoisotopic (exact) mass is 480 g/mol. The van der Waals surface area contributed by atoms with Crippen LogP contribution in [0.25, 0.3) is 11.1 Å². The summed E-state index contributed by atoms with van der Waals surface area (Å²) in [6.45, 7) is 7.12. The highest BCUT2D eigenvalue weighted by Crippen LogP contribution is 2.35. The minimum absolute atomic E-state index is 0.295. The second-order valence-corrected chi connectivity index (χ2v) is 8.92. The lowest BCUT2D eigenvalue weighted by Gasteiger charge is -2.39. The largest absolute Gasteiger partial charge is 0.378 e. The lowest BCUT2D eigenvalue weighted by molar-refractivity contribution is 0.102. The molecule has 1 amide bonds. The molecule has 2 aliphatic heterocycles. The molecule has 1 atom stereocenters. The minimum Gasteiger partial charge on any atom is -0.378 e. The average molecular weight is 481 g/mol. The number of morpholine rings is 1. The van der Waals surface area contributed by atoms with E-state index >= 15 is 4.39 Å². The first-order valence-electron chi connectivity index (χ1n) is 11.7. The van der Waals surface area contributed by atoms with Crippen molar-refractivity contribution in [1.82, 2.24) is 25.1 Å². The maximum atomic E-state index is 15.5. The number of halogens is 1. The predicted molar refractivity (Wildman–Crippen MR) is 131 cm³/mol. The SMILES string of the molecule is CC1CN(c2cc(F)c(-c3cnc(N4CCOCC4)nc3)cc2NC(=O)c2ccn[nH]2)CCN1C. The Bertz CT molecular complexity index is 1170. The number of aromatic amines is 1. The van der Waals surface area contributed by atoms with Gasteiger partial charge in [0, 0.05) is 68.5 Å². The van der Waals surface area contributed by atoms with Crippen LogP contribution in [-0.4, -0.2) is 90.0 Å². The summed E-state index contributed by atoms with van der Waals surface area (Å²) in [7, 11) is 2.08. The summed E-state index contributed by atoms with van der Waals surface area (Å²) in [5, 5.41) is 9.47. The van der Waals surface area contributed by atoms with Crippen molar-refractivity contribution >= 4 is 23.2 Å². The summed E-state index contributed by atoms with van der Waals surface area (Å²) in [5.74, 6) is -0.149. The molecule has 0 spiro atoms. The highest BCUT2D eigenvalue weighted by molar-refractivity contribution is 6.05. The summed E-state index contributed by atoms with van der Waals surface area (Å²) in [5.41, 5.74) is 2.35. The van der Waals surface area contributed by atoms with E-state index in [2.05, 4.69) is 49.3 Å². The molecule has 5 rings (SSSR count). The van der Waals surface area contributed by atoms with E-state index in [1.165, 1.54) is 12.3 Å². The number of hydrogen-bond acceptors (Lipinski definition) is 8. The standard InChI is InChI=1S/C24H29FN8O2/c1-16-15-33(6-5-31(16)2)22-12-19(25)18(11-21(22)29-23(34)20-3-4-28-30-20)17-13-26-24(27-14-17)32-7-9-35-10-8-32/h3-4,11-14,16H,5-10,15H2,1-2H3,(H,28,30)(H,29,34). The number of carbonyl (C=O) groups is 1. The van der Waals surface area contributed by atoms with Crippen molar-refractivity contribution in [1.29, 1.82) is 0 Å². The Morgan fingerprint density at radius 1 is 1.14 bits per heavy atom. The molecule has 35 heavy (non-hydrogen) atoms. The van der Waals surface area contributed by atoms with Crippen LogP contribution < -0.4 is 15.1 Å². The molecule has 0 aliphatic carbocycles. The van der Waals surface area contributed by atoms with Crippen LogP contribution in [0.1, 0.15) is 17.4 Å². The second-order valence-electron chi connectivity index (χ2n) is 8.92. The van der Waals surface area contributed by atoms with Crippen molar-refractivity contribution < 1.29 is 13.9 Å². The van der Waals surface area contributed by atoms with Gasteiger partial charge in [-0.05, 0) is 32.2 Å². The van der Waals surface area contributed by atoms with Gasteiger partial charge in [-0.25, -0.2) is 14.4 Å².